The maximum Gasteiger partial charge on any atom is 0.159 e. The van der Waals surface area contributed by atoms with Gasteiger partial charge in [0.25, 0.3) is 0 Å². The molecule has 4 aliphatic rings. The van der Waals surface area contributed by atoms with E-state index in [4.69, 9.17) is 0 Å². The van der Waals surface area contributed by atoms with Crippen LogP contribution < -0.4 is 0 Å². The zero-order valence-corrected chi connectivity index (χ0v) is 20.6. The highest BCUT2D eigenvalue weighted by Gasteiger charge is 2.61. The Hall–Kier alpha value is -1.18. The normalized spacial score (nSPS) is 41.6. The van der Waals surface area contributed by atoms with Gasteiger partial charge in [-0.15, -0.1) is 0 Å². The van der Waals surface area contributed by atoms with Crippen molar-refractivity contribution in [3.05, 3.63) is 23.8 Å². The van der Waals surface area contributed by atoms with Gasteiger partial charge in [-0.05, 0) is 105 Å². The molecule has 4 rings (SSSR count). The minimum atomic E-state index is 0.0767. The molecule has 0 bridgehead atoms. The number of Topliss-reactive ketones (excluding diaryl/α,β-unsaturated/α-hetero) is 1. The number of fused-ring (bicyclic) bond motifs is 5. The van der Waals surface area contributed by atoms with Gasteiger partial charge in [0, 0.05) is 18.8 Å². The van der Waals surface area contributed by atoms with Crippen LogP contribution in [0.4, 0.5) is 0 Å². The SMILES string of the molecule is C=C(C)C(CC)CCC(C)[C@H]1CCC2C3C(=O)C=C4CC(=O)CC[C@]4(C)C3CC[C@@]21C. The summed E-state index contributed by atoms with van der Waals surface area (Å²) in [6, 6.07) is 0. The monoisotopic (exact) mass is 424 g/mol. The predicted molar refractivity (Wildman–Crippen MR) is 128 cm³/mol. The highest BCUT2D eigenvalue weighted by Crippen LogP contribution is 2.66. The Morgan fingerprint density at radius 3 is 2.55 bits per heavy atom. The molecule has 8 atom stereocenters. The van der Waals surface area contributed by atoms with E-state index < -0.39 is 0 Å². The van der Waals surface area contributed by atoms with E-state index in [2.05, 4.69) is 41.2 Å². The van der Waals surface area contributed by atoms with Crippen LogP contribution in [0.1, 0.15) is 98.8 Å². The molecule has 31 heavy (non-hydrogen) atoms. The van der Waals surface area contributed by atoms with Gasteiger partial charge in [0.15, 0.2) is 5.78 Å². The van der Waals surface area contributed by atoms with Crippen LogP contribution in [-0.2, 0) is 9.59 Å². The van der Waals surface area contributed by atoms with Gasteiger partial charge in [0.1, 0.15) is 5.78 Å². The molecule has 0 aliphatic heterocycles. The molecule has 0 N–H and O–H groups in total. The summed E-state index contributed by atoms with van der Waals surface area (Å²) in [7, 11) is 0. The van der Waals surface area contributed by atoms with Crippen LogP contribution in [0.2, 0.25) is 0 Å². The Kier molecular flexibility index (Phi) is 6.16. The summed E-state index contributed by atoms with van der Waals surface area (Å²) in [4.78, 5) is 25.5. The molecule has 3 saturated carbocycles. The van der Waals surface area contributed by atoms with Crippen LogP contribution in [0.15, 0.2) is 23.8 Å². The number of allylic oxidation sites excluding steroid dienone is 3. The standard InChI is InChI=1S/C29H44O2/c1-7-20(18(2)3)9-8-19(4)23-10-11-24-27-25(13-15-29(23,24)6)28(5)14-12-22(30)16-21(28)17-26(27)31/h17,19-20,23-25,27H,2,7-16H2,1,3-6H3/t19?,20?,23-,24?,25?,27?,28+,29-/m1/s1. The van der Waals surface area contributed by atoms with Crippen molar-refractivity contribution in [1.82, 2.24) is 0 Å². The van der Waals surface area contributed by atoms with E-state index in [1.54, 1.807) is 0 Å². The van der Waals surface area contributed by atoms with Crippen molar-refractivity contribution in [1.29, 1.82) is 0 Å². The van der Waals surface area contributed by atoms with Gasteiger partial charge in [-0.25, -0.2) is 0 Å². The molecule has 4 aliphatic carbocycles. The van der Waals surface area contributed by atoms with Crippen LogP contribution in [0.25, 0.3) is 0 Å². The van der Waals surface area contributed by atoms with Gasteiger partial charge in [-0.2, -0.15) is 0 Å². The molecule has 0 amide bonds. The molecule has 0 saturated heterocycles. The van der Waals surface area contributed by atoms with Crippen LogP contribution in [-0.4, -0.2) is 11.6 Å². The molecular formula is C29H44O2. The van der Waals surface area contributed by atoms with Crippen LogP contribution in [0.3, 0.4) is 0 Å². The lowest BCUT2D eigenvalue weighted by Gasteiger charge is -2.57. The molecule has 0 aromatic rings. The second-order valence-electron chi connectivity index (χ2n) is 12.2. The summed E-state index contributed by atoms with van der Waals surface area (Å²) in [6.07, 6.45) is 12.8. The fourth-order valence-electron chi connectivity index (χ4n) is 8.66. The van der Waals surface area contributed by atoms with E-state index in [1.807, 2.05) is 6.08 Å². The topological polar surface area (TPSA) is 34.1 Å². The summed E-state index contributed by atoms with van der Waals surface area (Å²) >= 11 is 0. The first-order chi connectivity index (χ1) is 14.6. The van der Waals surface area contributed by atoms with E-state index in [-0.39, 0.29) is 11.3 Å². The maximum absolute atomic E-state index is 13.4. The summed E-state index contributed by atoms with van der Waals surface area (Å²) < 4.78 is 0. The van der Waals surface area contributed by atoms with Crippen LogP contribution in [0.5, 0.6) is 0 Å². The molecule has 3 fully saturated rings. The van der Waals surface area contributed by atoms with Crippen molar-refractivity contribution in [2.45, 2.75) is 98.8 Å². The first-order valence-corrected chi connectivity index (χ1v) is 13.0. The van der Waals surface area contributed by atoms with Crippen molar-refractivity contribution >= 4 is 11.6 Å². The summed E-state index contributed by atoms with van der Waals surface area (Å²) in [6.45, 7) is 16.1. The van der Waals surface area contributed by atoms with Crippen molar-refractivity contribution in [3.8, 4) is 0 Å². The van der Waals surface area contributed by atoms with E-state index in [0.29, 0.717) is 53.5 Å². The van der Waals surface area contributed by atoms with E-state index in [0.717, 1.165) is 24.3 Å². The fraction of sp³-hybridized carbons (Fsp3) is 0.793. The fourth-order valence-corrected chi connectivity index (χ4v) is 8.66. The third-order valence-corrected chi connectivity index (χ3v) is 10.7. The number of rotatable bonds is 6. The van der Waals surface area contributed by atoms with E-state index in [9.17, 15) is 9.59 Å². The van der Waals surface area contributed by atoms with Gasteiger partial charge in [-0.1, -0.05) is 45.4 Å². The third-order valence-electron chi connectivity index (χ3n) is 10.7. The van der Waals surface area contributed by atoms with Crippen molar-refractivity contribution in [2.75, 3.05) is 0 Å². The molecule has 172 valence electrons. The van der Waals surface area contributed by atoms with Gasteiger partial charge in [0.2, 0.25) is 0 Å². The number of hydrogen-bond donors (Lipinski definition) is 0. The molecular weight excluding hydrogens is 380 g/mol. The van der Waals surface area contributed by atoms with Gasteiger partial charge < -0.3 is 0 Å². The summed E-state index contributed by atoms with van der Waals surface area (Å²) in [5, 5.41) is 0. The molecule has 0 aromatic heterocycles. The van der Waals surface area contributed by atoms with Crippen molar-refractivity contribution in [3.63, 3.8) is 0 Å². The molecule has 5 unspecified atom stereocenters. The van der Waals surface area contributed by atoms with E-state index >= 15 is 0 Å². The second kappa shape index (κ2) is 8.31. The minimum absolute atomic E-state index is 0.0767. The highest BCUT2D eigenvalue weighted by atomic mass is 16.1. The third kappa shape index (κ3) is 3.70. The number of carbonyl (C=O) groups excluding carboxylic acids is 2. The molecule has 2 nitrogen and oxygen atoms in total. The van der Waals surface area contributed by atoms with Crippen molar-refractivity contribution < 1.29 is 9.59 Å². The lowest BCUT2D eigenvalue weighted by molar-refractivity contribution is -0.135. The molecule has 0 radical (unpaired) electrons. The summed E-state index contributed by atoms with van der Waals surface area (Å²) in [5.74, 6) is 3.95. The Bertz CT molecular complexity index is 791. The molecule has 2 heteroatoms. The maximum atomic E-state index is 13.4. The van der Waals surface area contributed by atoms with E-state index in [1.165, 1.54) is 44.1 Å². The summed E-state index contributed by atoms with van der Waals surface area (Å²) in [5.41, 5.74) is 2.87. The minimum Gasteiger partial charge on any atom is -0.299 e. The zero-order valence-electron chi connectivity index (χ0n) is 20.6. The lowest BCUT2D eigenvalue weighted by Crippen LogP contribution is -2.53. The number of ketones is 2. The first kappa shape index (κ1) is 23.0. The average Bonchev–Trinajstić information content (AvgIpc) is 3.06. The average molecular weight is 425 g/mol. The highest BCUT2D eigenvalue weighted by molar-refractivity contribution is 5.96. The largest absolute Gasteiger partial charge is 0.299 e. The zero-order chi connectivity index (χ0) is 22.6. The molecule has 0 heterocycles. The Morgan fingerprint density at radius 1 is 1.13 bits per heavy atom. The van der Waals surface area contributed by atoms with Crippen molar-refractivity contribution in [2.24, 2.45) is 46.3 Å². The number of carbonyl (C=O) groups is 2. The quantitative estimate of drug-likeness (QED) is 0.418. The second-order valence-corrected chi connectivity index (χ2v) is 12.2. The van der Waals surface area contributed by atoms with Gasteiger partial charge in [0.05, 0.1) is 0 Å². The smallest absolute Gasteiger partial charge is 0.159 e. The lowest BCUT2D eigenvalue weighted by atomic mass is 9.46. The first-order valence-electron chi connectivity index (χ1n) is 13.0. The predicted octanol–water partition coefficient (Wildman–Crippen LogP) is 7.33. The molecule has 0 spiro atoms. The van der Waals surface area contributed by atoms with Crippen LogP contribution >= 0.6 is 0 Å². The van der Waals surface area contributed by atoms with Crippen LogP contribution in [0, 0.1) is 46.3 Å². The van der Waals surface area contributed by atoms with Gasteiger partial charge >= 0.3 is 0 Å². The Labute approximate surface area is 190 Å². The van der Waals surface area contributed by atoms with Gasteiger partial charge in [-0.3, -0.25) is 9.59 Å². The molecule has 0 aromatic carbocycles. The number of hydrogen-bond acceptors (Lipinski definition) is 2. The Balaban J connectivity index is 1.54. The Morgan fingerprint density at radius 2 is 1.87 bits per heavy atom.